The second kappa shape index (κ2) is 12.4. The van der Waals surface area contributed by atoms with Gasteiger partial charge in [-0.15, -0.1) is 0 Å². The first-order valence-electron chi connectivity index (χ1n) is 11.8. The van der Waals surface area contributed by atoms with E-state index in [1.54, 1.807) is 0 Å². The summed E-state index contributed by atoms with van der Waals surface area (Å²) in [6.45, 7) is 2.10. The Kier molecular flexibility index (Phi) is 9.50. The van der Waals surface area contributed by atoms with E-state index in [0.717, 1.165) is 50.3 Å². The Morgan fingerprint density at radius 3 is 2.11 bits per heavy atom. The zero-order valence-corrected chi connectivity index (χ0v) is 20.2. The highest BCUT2D eigenvalue weighted by Crippen LogP contribution is 2.35. The Morgan fingerprint density at radius 1 is 0.816 bits per heavy atom. The molecule has 0 aliphatic rings. The third-order valence-corrected chi connectivity index (χ3v) is 5.46. The zero-order valence-electron chi connectivity index (χ0n) is 20.2. The standard InChI is InChI=1S/C26H24F8N2O2/c1-2-3-4-5-6-7-16-14-35-24(36-15-16)26(33,34)37-18-9-10-19(20(27)13-18)17-8-11-22(21(28)12-17)38-25(31,32)23(29)30/h8-15,23H,2-7H2,1H3. The van der Waals surface area contributed by atoms with Crippen LogP contribution in [0.25, 0.3) is 11.1 Å². The maximum atomic E-state index is 14.6. The Bertz CT molecular complexity index is 1210. The van der Waals surface area contributed by atoms with Gasteiger partial charge in [-0.2, -0.15) is 26.3 Å². The van der Waals surface area contributed by atoms with Crippen LogP contribution in [0, 0.1) is 11.6 Å². The van der Waals surface area contributed by atoms with Crippen LogP contribution < -0.4 is 9.47 Å². The van der Waals surface area contributed by atoms with Crippen molar-refractivity contribution in [2.75, 3.05) is 0 Å². The number of aryl methyl sites for hydroxylation is 1. The van der Waals surface area contributed by atoms with Crippen LogP contribution in [0.2, 0.25) is 0 Å². The molecule has 0 aliphatic heterocycles. The van der Waals surface area contributed by atoms with Crippen LogP contribution in [0.1, 0.15) is 50.4 Å². The van der Waals surface area contributed by atoms with Crippen LogP contribution in [0.15, 0.2) is 48.8 Å². The van der Waals surface area contributed by atoms with Crippen molar-refractivity contribution in [2.24, 2.45) is 0 Å². The lowest BCUT2D eigenvalue weighted by atomic mass is 10.0. The molecule has 3 rings (SSSR count). The van der Waals surface area contributed by atoms with Gasteiger partial charge in [-0.1, -0.05) is 38.7 Å². The molecule has 0 saturated heterocycles. The monoisotopic (exact) mass is 548 g/mol. The van der Waals surface area contributed by atoms with E-state index in [1.807, 2.05) is 0 Å². The van der Waals surface area contributed by atoms with Crippen LogP contribution in [0.3, 0.4) is 0 Å². The number of aromatic nitrogens is 2. The Hall–Kier alpha value is -3.44. The van der Waals surface area contributed by atoms with Crippen molar-refractivity contribution in [3.05, 3.63) is 71.8 Å². The first-order valence-corrected chi connectivity index (χ1v) is 11.8. The van der Waals surface area contributed by atoms with Crippen LogP contribution in [0.5, 0.6) is 11.5 Å². The molecule has 0 spiro atoms. The summed E-state index contributed by atoms with van der Waals surface area (Å²) in [6, 6.07) is 4.71. The second-order valence-corrected chi connectivity index (χ2v) is 8.45. The molecule has 0 N–H and O–H groups in total. The summed E-state index contributed by atoms with van der Waals surface area (Å²) in [7, 11) is 0. The minimum absolute atomic E-state index is 0.195. The zero-order chi connectivity index (χ0) is 27.9. The van der Waals surface area contributed by atoms with E-state index in [1.165, 1.54) is 12.4 Å². The number of hydrogen-bond donors (Lipinski definition) is 0. The van der Waals surface area contributed by atoms with Gasteiger partial charge in [-0.25, -0.2) is 18.7 Å². The Labute approximate surface area is 213 Å². The van der Waals surface area contributed by atoms with Gasteiger partial charge in [0.05, 0.1) is 0 Å². The molecule has 1 aromatic heterocycles. The maximum Gasteiger partial charge on any atom is 0.462 e. The summed E-state index contributed by atoms with van der Waals surface area (Å²) in [4.78, 5) is 7.34. The van der Waals surface area contributed by atoms with Gasteiger partial charge in [0.1, 0.15) is 11.6 Å². The molecule has 0 fully saturated rings. The van der Waals surface area contributed by atoms with Crippen LogP contribution in [-0.2, 0) is 12.5 Å². The minimum Gasteiger partial charge on any atom is -0.426 e. The number of ether oxygens (including phenoxy) is 2. The van der Waals surface area contributed by atoms with Gasteiger partial charge in [0, 0.05) is 24.0 Å². The molecule has 0 atom stereocenters. The van der Waals surface area contributed by atoms with Crippen LogP contribution in [0.4, 0.5) is 35.1 Å². The van der Waals surface area contributed by atoms with E-state index < -0.39 is 47.6 Å². The van der Waals surface area contributed by atoms with Gasteiger partial charge in [0.25, 0.3) is 0 Å². The first kappa shape index (κ1) is 29.1. The van der Waals surface area contributed by atoms with E-state index >= 15 is 0 Å². The summed E-state index contributed by atoms with van der Waals surface area (Å²) in [6.07, 6.45) is -4.71. The largest absolute Gasteiger partial charge is 0.462 e. The fourth-order valence-corrected chi connectivity index (χ4v) is 3.50. The smallest absolute Gasteiger partial charge is 0.426 e. The van der Waals surface area contributed by atoms with Crippen molar-refractivity contribution in [1.82, 2.24) is 9.97 Å². The highest BCUT2D eigenvalue weighted by Gasteiger charge is 2.44. The fourth-order valence-electron chi connectivity index (χ4n) is 3.50. The number of hydrogen-bond acceptors (Lipinski definition) is 4. The average molecular weight is 548 g/mol. The molecule has 12 heteroatoms. The first-order chi connectivity index (χ1) is 17.9. The number of alkyl halides is 6. The third-order valence-electron chi connectivity index (χ3n) is 5.46. The predicted molar refractivity (Wildman–Crippen MR) is 122 cm³/mol. The van der Waals surface area contributed by atoms with Gasteiger partial charge in [0.15, 0.2) is 11.6 Å². The van der Waals surface area contributed by atoms with Gasteiger partial charge in [-0.3, -0.25) is 0 Å². The lowest BCUT2D eigenvalue weighted by Gasteiger charge is -2.18. The van der Waals surface area contributed by atoms with Gasteiger partial charge >= 0.3 is 18.6 Å². The summed E-state index contributed by atoms with van der Waals surface area (Å²) < 4.78 is 117. The molecule has 206 valence electrons. The van der Waals surface area contributed by atoms with E-state index in [-0.39, 0.29) is 11.1 Å². The molecule has 0 amide bonds. The molecule has 38 heavy (non-hydrogen) atoms. The number of halogens is 8. The molecule has 2 aromatic carbocycles. The SMILES string of the molecule is CCCCCCCc1cnc(C(F)(F)Oc2ccc(-c3ccc(OC(F)(F)C(F)F)c(F)c3)c(F)c2)nc1. The lowest BCUT2D eigenvalue weighted by Crippen LogP contribution is -2.33. The Morgan fingerprint density at radius 2 is 1.50 bits per heavy atom. The molecule has 1 heterocycles. The van der Waals surface area contributed by atoms with Crippen molar-refractivity contribution in [3.8, 4) is 22.6 Å². The lowest BCUT2D eigenvalue weighted by molar-refractivity contribution is -0.254. The molecular formula is C26H24F8N2O2. The van der Waals surface area contributed by atoms with Gasteiger partial charge in [0.2, 0.25) is 5.82 Å². The van der Waals surface area contributed by atoms with Gasteiger partial charge in [-0.05, 0) is 48.2 Å². The normalized spacial score (nSPS) is 12.2. The molecule has 0 unspecified atom stereocenters. The van der Waals surface area contributed by atoms with Crippen LogP contribution >= 0.6 is 0 Å². The number of nitrogens with zero attached hydrogens (tertiary/aromatic N) is 2. The van der Waals surface area contributed by atoms with E-state index in [9.17, 15) is 35.1 Å². The maximum absolute atomic E-state index is 14.6. The predicted octanol–water partition coefficient (Wildman–Crippen LogP) is 8.30. The number of rotatable bonds is 13. The van der Waals surface area contributed by atoms with Gasteiger partial charge < -0.3 is 9.47 Å². The fraction of sp³-hybridized carbons (Fsp3) is 0.385. The van der Waals surface area contributed by atoms with Crippen molar-refractivity contribution in [3.63, 3.8) is 0 Å². The third kappa shape index (κ3) is 7.55. The van der Waals surface area contributed by atoms with E-state index in [2.05, 4.69) is 26.4 Å². The van der Waals surface area contributed by atoms with E-state index in [4.69, 9.17) is 0 Å². The van der Waals surface area contributed by atoms with E-state index in [0.29, 0.717) is 30.2 Å². The number of unbranched alkanes of at least 4 members (excludes halogenated alkanes) is 4. The summed E-state index contributed by atoms with van der Waals surface area (Å²) >= 11 is 0. The molecule has 3 aromatic rings. The average Bonchev–Trinajstić information content (AvgIpc) is 2.85. The van der Waals surface area contributed by atoms with Crippen LogP contribution in [-0.4, -0.2) is 22.5 Å². The topological polar surface area (TPSA) is 44.2 Å². The molecule has 0 aliphatic carbocycles. The highest BCUT2D eigenvalue weighted by atomic mass is 19.3. The Balaban J connectivity index is 1.68. The molecule has 0 bridgehead atoms. The summed E-state index contributed by atoms with van der Waals surface area (Å²) in [5, 5.41) is 0. The molecule has 4 nitrogen and oxygen atoms in total. The number of benzene rings is 2. The van der Waals surface area contributed by atoms with Crippen molar-refractivity contribution in [2.45, 2.75) is 64.1 Å². The summed E-state index contributed by atoms with van der Waals surface area (Å²) in [5.41, 5.74) is 0.198. The van der Waals surface area contributed by atoms with Crippen molar-refractivity contribution < 1.29 is 44.6 Å². The quantitative estimate of drug-likeness (QED) is 0.159. The second-order valence-electron chi connectivity index (χ2n) is 8.45. The molecule has 0 radical (unpaired) electrons. The highest BCUT2D eigenvalue weighted by molar-refractivity contribution is 5.66. The van der Waals surface area contributed by atoms with Crippen molar-refractivity contribution in [1.29, 1.82) is 0 Å². The molecular weight excluding hydrogens is 524 g/mol. The van der Waals surface area contributed by atoms with Crippen molar-refractivity contribution >= 4 is 0 Å². The molecule has 0 saturated carbocycles. The minimum atomic E-state index is -4.93. The summed E-state index contributed by atoms with van der Waals surface area (Å²) in [5.74, 6) is -5.26.